The van der Waals surface area contributed by atoms with Crippen LogP contribution in [0.4, 0.5) is 0 Å². The number of ether oxygens (including phenoxy) is 1. The van der Waals surface area contributed by atoms with Crippen molar-refractivity contribution < 1.29 is 9.84 Å². The summed E-state index contributed by atoms with van der Waals surface area (Å²) in [4.78, 5) is 0. The topological polar surface area (TPSA) is 41.5 Å². The van der Waals surface area contributed by atoms with E-state index in [0.29, 0.717) is 18.1 Å². The van der Waals surface area contributed by atoms with Gasteiger partial charge in [0.1, 0.15) is 0 Å². The number of hydrogen-bond donors (Lipinski definition) is 2. The van der Waals surface area contributed by atoms with E-state index in [9.17, 15) is 0 Å². The van der Waals surface area contributed by atoms with Crippen LogP contribution in [0.2, 0.25) is 0 Å². The molecule has 0 amide bonds. The number of aliphatic hydroxyl groups is 1. The molecule has 2 fully saturated rings. The zero-order valence-corrected chi connectivity index (χ0v) is 9.50. The average molecular weight is 213 g/mol. The van der Waals surface area contributed by atoms with Crippen LogP contribution in [0.5, 0.6) is 0 Å². The molecule has 0 unspecified atom stereocenters. The second-order valence-corrected chi connectivity index (χ2v) is 5.09. The van der Waals surface area contributed by atoms with Crippen molar-refractivity contribution in [3.63, 3.8) is 0 Å². The SMILES string of the molecule is OCCC1(CNC2CCOCC2)CCC1. The predicted octanol–water partition coefficient (Wildman–Crippen LogP) is 1.31. The molecule has 0 atom stereocenters. The fourth-order valence-corrected chi connectivity index (χ4v) is 2.69. The van der Waals surface area contributed by atoms with Gasteiger partial charge >= 0.3 is 0 Å². The average Bonchev–Trinajstić information content (AvgIpc) is 2.23. The lowest BCUT2D eigenvalue weighted by Gasteiger charge is -2.43. The van der Waals surface area contributed by atoms with Crippen LogP contribution in [0, 0.1) is 5.41 Å². The van der Waals surface area contributed by atoms with Gasteiger partial charge in [0.25, 0.3) is 0 Å². The van der Waals surface area contributed by atoms with Gasteiger partial charge in [0, 0.05) is 32.4 Å². The Bertz CT molecular complexity index is 186. The van der Waals surface area contributed by atoms with E-state index in [1.54, 1.807) is 0 Å². The molecule has 0 bridgehead atoms. The highest BCUT2D eigenvalue weighted by molar-refractivity contribution is 4.90. The molecule has 2 aliphatic rings. The van der Waals surface area contributed by atoms with Crippen LogP contribution in [0.1, 0.15) is 38.5 Å². The van der Waals surface area contributed by atoms with Gasteiger partial charge in [-0.05, 0) is 37.5 Å². The van der Waals surface area contributed by atoms with Crippen LogP contribution in [-0.4, -0.2) is 37.5 Å². The van der Waals surface area contributed by atoms with Crippen molar-refractivity contribution in [2.24, 2.45) is 5.41 Å². The Balaban J connectivity index is 1.70. The number of nitrogens with one attached hydrogen (secondary N) is 1. The third-order valence-electron chi connectivity index (χ3n) is 4.04. The standard InChI is InChI=1S/C12H23NO2/c14-7-6-12(4-1-5-12)10-13-11-2-8-15-9-3-11/h11,13-14H,1-10H2. The predicted molar refractivity (Wildman–Crippen MR) is 59.8 cm³/mol. The van der Waals surface area contributed by atoms with Gasteiger partial charge in [0.2, 0.25) is 0 Å². The molecule has 0 aromatic rings. The Kier molecular flexibility index (Phi) is 4.00. The Morgan fingerprint density at radius 3 is 2.53 bits per heavy atom. The summed E-state index contributed by atoms with van der Waals surface area (Å²) in [6, 6.07) is 0.648. The minimum absolute atomic E-state index is 0.343. The molecule has 0 spiro atoms. The first-order valence-corrected chi connectivity index (χ1v) is 6.27. The highest BCUT2D eigenvalue weighted by atomic mass is 16.5. The Morgan fingerprint density at radius 1 is 1.27 bits per heavy atom. The summed E-state index contributed by atoms with van der Waals surface area (Å²) in [6.45, 7) is 3.25. The van der Waals surface area contributed by atoms with E-state index in [1.807, 2.05) is 0 Å². The molecule has 1 saturated heterocycles. The van der Waals surface area contributed by atoms with E-state index in [1.165, 1.54) is 19.3 Å². The second-order valence-electron chi connectivity index (χ2n) is 5.09. The van der Waals surface area contributed by atoms with E-state index < -0.39 is 0 Å². The molecule has 3 heteroatoms. The minimum atomic E-state index is 0.343. The molecule has 3 nitrogen and oxygen atoms in total. The molecule has 15 heavy (non-hydrogen) atoms. The number of aliphatic hydroxyl groups excluding tert-OH is 1. The normalized spacial score (nSPS) is 26.2. The quantitative estimate of drug-likeness (QED) is 0.723. The zero-order valence-electron chi connectivity index (χ0n) is 9.50. The molecule has 0 aromatic heterocycles. The first kappa shape index (κ1) is 11.4. The number of rotatable bonds is 5. The van der Waals surface area contributed by atoms with Gasteiger partial charge < -0.3 is 15.2 Å². The maximum Gasteiger partial charge on any atom is 0.0480 e. The Hall–Kier alpha value is -0.120. The van der Waals surface area contributed by atoms with Crippen molar-refractivity contribution in [2.45, 2.75) is 44.6 Å². The maximum absolute atomic E-state index is 9.06. The lowest BCUT2D eigenvalue weighted by Crippen LogP contribution is -2.45. The molecular weight excluding hydrogens is 190 g/mol. The van der Waals surface area contributed by atoms with E-state index >= 15 is 0 Å². The van der Waals surface area contributed by atoms with Crippen LogP contribution < -0.4 is 5.32 Å². The lowest BCUT2D eigenvalue weighted by atomic mass is 9.66. The molecule has 2 N–H and O–H groups in total. The molecule has 2 rings (SSSR count). The summed E-state index contributed by atoms with van der Waals surface area (Å²) in [5, 5.41) is 12.7. The Morgan fingerprint density at radius 2 is 2.00 bits per heavy atom. The molecule has 88 valence electrons. The van der Waals surface area contributed by atoms with Gasteiger partial charge in [0.15, 0.2) is 0 Å². The van der Waals surface area contributed by atoms with Crippen molar-refractivity contribution in [2.75, 3.05) is 26.4 Å². The van der Waals surface area contributed by atoms with Gasteiger partial charge in [-0.1, -0.05) is 6.42 Å². The fraction of sp³-hybridized carbons (Fsp3) is 1.00. The Labute approximate surface area is 92.2 Å². The van der Waals surface area contributed by atoms with Gasteiger partial charge in [-0.2, -0.15) is 0 Å². The molecular formula is C12H23NO2. The first-order valence-electron chi connectivity index (χ1n) is 6.27. The van der Waals surface area contributed by atoms with Crippen molar-refractivity contribution in [1.29, 1.82) is 0 Å². The molecule has 1 aliphatic heterocycles. The van der Waals surface area contributed by atoms with Crippen LogP contribution in [0.15, 0.2) is 0 Å². The van der Waals surface area contributed by atoms with Gasteiger partial charge in [0.05, 0.1) is 0 Å². The summed E-state index contributed by atoms with van der Waals surface area (Å²) >= 11 is 0. The second kappa shape index (κ2) is 5.28. The third-order valence-corrected chi connectivity index (χ3v) is 4.04. The van der Waals surface area contributed by atoms with Crippen LogP contribution in [-0.2, 0) is 4.74 Å². The highest BCUT2D eigenvalue weighted by Gasteiger charge is 2.36. The van der Waals surface area contributed by atoms with Crippen molar-refractivity contribution >= 4 is 0 Å². The summed E-state index contributed by atoms with van der Waals surface area (Å²) in [5.74, 6) is 0. The molecule has 1 aliphatic carbocycles. The molecule has 0 radical (unpaired) electrons. The highest BCUT2D eigenvalue weighted by Crippen LogP contribution is 2.43. The van der Waals surface area contributed by atoms with E-state index in [2.05, 4.69) is 5.32 Å². The summed E-state index contributed by atoms with van der Waals surface area (Å²) in [6.07, 6.45) is 7.21. The van der Waals surface area contributed by atoms with Crippen LogP contribution >= 0.6 is 0 Å². The summed E-state index contributed by atoms with van der Waals surface area (Å²) in [7, 11) is 0. The largest absolute Gasteiger partial charge is 0.396 e. The van der Waals surface area contributed by atoms with E-state index in [4.69, 9.17) is 9.84 Å². The lowest BCUT2D eigenvalue weighted by molar-refractivity contribution is 0.0544. The van der Waals surface area contributed by atoms with Gasteiger partial charge in [-0.25, -0.2) is 0 Å². The van der Waals surface area contributed by atoms with Crippen molar-refractivity contribution in [3.05, 3.63) is 0 Å². The smallest absolute Gasteiger partial charge is 0.0480 e. The molecule has 1 heterocycles. The van der Waals surface area contributed by atoms with E-state index in [-0.39, 0.29) is 0 Å². The molecule has 1 saturated carbocycles. The minimum Gasteiger partial charge on any atom is -0.396 e. The zero-order chi connectivity index (χ0) is 10.6. The van der Waals surface area contributed by atoms with Crippen LogP contribution in [0.25, 0.3) is 0 Å². The third kappa shape index (κ3) is 2.92. The summed E-state index contributed by atoms with van der Waals surface area (Å²) < 4.78 is 5.34. The monoisotopic (exact) mass is 213 g/mol. The van der Waals surface area contributed by atoms with Gasteiger partial charge in [-0.15, -0.1) is 0 Å². The maximum atomic E-state index is 9.06. The number of hydrogen-bond acceptors (Lipinski definition) is 3. The summed E-state index contributed by atoms with van der Waals surface area (Å²) in [5.41, 5.74) is 0.424. The van der Waals surface area contributed by atoms with Crippen LogP contribution in [0.3, 0.4) is 0 Å². The first-order chi connectivity index (χ1) is 7.35. The fourth-order valence-electron chi connectivity index (χ4n) is 2.69. The molecule has 0 aromatic carbocycles. The van der Waals surface area contributed by atoms with Crippen molar-refractivity contribution in [3.8, 4) is 0 Å². The van der Waals surface area contributed by atoms with Crippen molar-refractivity contribution in [1.82, 2.24) is 5.32 Å². The van der Waals surface area contributed by atoms with Gasteiger partial charge in [-0.3, -0.25) is 0 Å². The van der Waals surface area contributed by atoms with E-state index in [0.717, 1.165) is 39.0 Å².